The van der Waals surface area contributed by atoms with E-state index in [0.717, 1.165) is 33.6 Å². The number of carboxylic acids is 1. The van der Waals surface area contributed by atoms with Gasteiger partial charge in [-0.25, -0.2) is 9.59 Å². The average Bonchev–Trinajstić information content (AvgIpc) is 3.24. The second kappa shape index (κ2) is 9.96. The molecule has 1 aliphatic rings. The summed E-state index contributed by atoms with van der Waals surface area (Å²) in [6, 6.07) is 30.0. The van der Waals surface area contributed by atoms with Gasteiger partial charge in [0.05, 0.1) is 19.2 Å². The largest absolute Gasteiger partial charge is 0.497 e. The van der Waals surface area contributed by atoms with Gasteiger partial charge in [-0.05, 0) is 64.2 Å². The van der Waals surface area contributed by atoms with E-state index in [1.54, 1.807) is 19.2 Å². The predicted octanol–water partition coefficient (Wildman–Crippen LogP) is 6.35. The lowest BCUT2D eigenvalue weighted by molar-refractivity contribution is 0.0697. The quantitative estimate of drug-likeness (QED) is 0.334. The number of carboxylic acid groups (broad SMARTS) is 1. The number of hydrogen-bond acceptors (Lipinski definition) is 4. The van der Waals surface area contributed by atoms with E-state index >= 15 is 0 Å². The lowest BCUT2D eigenvalue weighted by Gasteiger charge is -2.24. The summed E-state index contributed by atoms with van der Waals surface area (Å²) < 4.78 is 11.1. The molecule has 0 radical (unpaired) electrons. The van der Waals surface area contributed by atoms with Crippen molar-refractivity contribution >= 4 is 17.7 Å². The summed E-state index contributed by atoms with van der Waals surface area (Å²) in [4.78, 5) is 26.2. The number of amides is 1. The lowest BCUT2D eigenvalue weighted by atomic mass is 9.98. The standard InChI is InChI=1S/C30H25NO5/c1-35-23-16-10-20(11-17-23)18-31(22-14-12-21(13-15-22)29(32)33)30(34)36-19-28-26-8-4-2-6-24(26)25-7-3-5-9-27(25)28/h2-17,28H,18-19H2,1H3,(H,32,33). The van der Waals surface area contributed by atoms with Gasteiger partial charge in [-0.15, -0.1) is 0 Å². The van der Waals surface area contributed by atoms with Crippen molar-refractivity contribution in [2.24, 2.45) is 0 Å². The van der Waals surface area contributed by atoms with Crippen molar-refractivity contribution in [3.63, 3.8) is 0 Å². The van der Waals surface area contributed by atoms with Gasteiger partial charge >= 0.3 is 12.1 Å². The molecule has 1 amide bonds. The molecule has 0 fully saturated rings. The molecule has 0 bridgehead atoms. The number of rotatable bonds is 7. The number of anilines is 1. The van der Waals surface area contributed by atoms with Crippen LogP contribution in [0.4, 0.5) is 10.5 Å². The van der Waals surface area contributed by atoms with Gasteiger partial charge in [0.25, 0.3) is 0 Å². The topological polar surface area (TPSA) is 76.1 Å². The van der Waals surface area contributed by atoms with E-state index in [0.29, 0.717) is 5.69 Å². The van der Waals surface area contributed by atoms with Gasteiger partial charge in [0.2, 0.25) is 0 Å². The number of fused-ring (bicyclic) bond motifs is 3. The molecule has 0 atom stereocenters. The molecule has 6 nitrogen and oxygen atoms in total. The van der Waals surface area contributed by atoms with Crippen LogP contribution in [0.5, 0.6) is 5.75 Å². The van der Waals surface area contributed by atoms with Crippen molar-refractivity contribution in [1.82, 2.24) is 0 Å². The van der Waals surface area contributed by atoms with Crippen molar-refractivity contribution in [1.29, 1.82) is 0 Å². The Bertz CT molecular complexity index is 1350. The number of carbonyl (C=O) groups excluding carboxylic acids is 1. The number of aromatic carboxylic acids is 1. The summed E-state index contributed by atoms with van der Waals surface area (Å²) in [5.41, 5.74) is 6.18. The SMILES string of the molecule is COc1ccc(CN(C(=O)OCC2c3ccccc3-c3ccccc32)c2ccc(C(=O)O)cc2)cc1. The maximum absolute atomic E-state index is 13.4. The molecule has 180 valence electrons. The van der Waals surface area contributed by atoms with Gasteiger partial charge in [-0.1, -0.05) is 60.7 Å². The summed E-state index contributed by atoms with van der Waals surface area (Å²) >= 11 is 0. The molecule has 4 aromatic carbocycles. The maximum atomic E-state index is 13.4. The van der Waals surface area contributed by atoms with Crippen LogP contribution in [0.1, 0.15) is 33.0 Å². The van der Waals surface area contributed by atoms with E-state index in [2.05, 4.69) is 24.3 Å². The Morgan fingerprint density at radius 2 is 1.39 bits per heavy atom. The average molecular weight is 480 g/mol. The summed E-state index contributed by atoms with van der Waals surface area (Å²) in [6.07, 6.45) is -0.504. The van der Waals surface area contributed by atoms with Gasteiger partial charge in [0.1, 0.15) is 12.4 Å². The highest BCUT2D eigenvalue weighted by Crippen LogP contribution is 2.44. The highest BCUT2D eigenvalue weighted by Gasteiger charge is 2.30. The van der Waals surface area contributed by atoms with E-state index in [-0.39, 0.29) is 24.6 Å². The summed E-state index contributed by atoms with van der Waals surface area (Å²) in [5.74, 6) is -0.361. The van der Waals surface area contributed by atoms with Crippen LogP contribution in [0.2, 0.25) is 0 Å². The van der Waals surface area contributed by atoms with E-state index in [1.165, 1.54) is 17.0 Å². The Labute approximate surface area is 209 Å². The minimum Gasteiger partial charge on any atom is -0.497 e. The van der Waals surface area contributed by atoms with Gasteiger partial charge in [0, 0.05) is 11.6 Å². The van der Waals surface area contributed by atoms with Crippen molar-refractivity contribution < 1.29 is 24.2 Å². The molecule has 0 unspecified atom stereocenters. The molecule has 0 aromatic heterocycles. The molecule has 1 N–H and O–H groups in total. The van der Waals surface area contributed by atoms with E-state index in [9.17, 15) is 14.7 Å². The van der Waals surface area contributed by atoms with Crippen LogP contribution in [0, 0.1) is 0 Å². The van der Waals surface area contributed by atoms with E-state index in [1.807, 2.05) is 48.5 Å². The lowest BCUT2D eigenvalue weighted by Crippen LogP contribution is -2.32. The molecule has 4 aromatic rings. The Hall–Kier alpha value is -4.58. The summed E-state index contributed by atoms with van der Waals surface area (Å²) in [7, 11) is 1.60. The molecule has 1 aliphatic carbocycles. The first kappa shape index (κ1) is 23.2. The molecule has 6 heteroatoms. The second-order valence-corrected chi connectivity index (χ2v) is 8.59. The van der Waals surface area contributed by atoms with Crippen molar-refractivity contribution in [2.75, 3.05) is 18.6 Å². The molecule has 36 heavy (non-hydrogen) atoms. The Kier molecular flexibility index (Phi) is 6.41. The molecule has 0 saturated carbocycles. The Balaban J connectivity index is 1.40. The number of hydrogen-bond donors (Lipinski definition) is 1. The molecule has 0 saturated heterocycles. The van der Waals surface area contributed by atoms with Crippen molar-refractivity contribution in [3.8, 4) is 16.9 Å². The highest BCUT2D eigenvalue weighted by atomic mass is 16.6. The monoisotopic (exact) mass is 479 g/mol. The fourth-order valence-electron chi connectivity index (χ4n) is 4.63. The minimum absolute atomic E-state index is 0.0569. The summed E-state index contributed by atoms with van der Waals surface area (Å²) in [6.45, 7) is 0.451. The number of carbonyl (C=O) groups is 2. The van der Waals surface area contributed by atoms with Crippen molar-refractivity contribution in [3.05, 3.63) is 119 Å². The van der Waals surface area contributed by atoms with E-state index in [4.69, 9.17) is 9.47 Å². The van der Waals surface area contributed by atoms with Gasteiger partial charge in [0.15, 0.2) is 0 Å². The zero-order chi connectivity index (χ0) is 25.1. The molecule has 0 spiro atoms. The van der Waals surface area contributed by atoms with Crippen LogP contribution >= 0.6 is 0 Å². The van der Waals surface area contributed by atoms with Crippen LogP contribution < -0.4 is 9.64 Å². The van der Waals surface area contributed by atoms with Crippen LogP contribution in [0.3, 0.4) is 0 Å². The van der Waals surface area contributed by atoms with Crippen LogP contribution in [-0.2, 0) is 11.3 Å². The third kappa shape index (κ3) is 4.53. The number of methoxy groups -OCH3 is 1. The molecule has 5 rings (SSSR count). The first-order chi connectivity index (χ1) is 17.5. The zero-order valence-electron chi connectivity index (χ0n) is 19.8. The fraction of sp³-hybridized carbons (Fsp3) is 0.133. The third-order valence-electron chi connectivity index (χ3n) is 6.48. The van der Waals surface area contributed by atoms with Gasteiger partial charge < -0.3 is 14.6 Å². The second-order valence-electron chi connectivity index (χ2n) is 8.59. The number of ether oxygens (including phenoxy) is 2. The highest BCUT2D eigenvalue weighted by molar-refractivity contribution is 5.91. The smallest absolute Gasteiger partial charge is 0.414 e. The molecular formula is C30H25NO5. The number of benzene rings is 4. The zero-order valence-corrected chi connectivity index (χ0v) is 19.8. The van der Waals surface area contributed by atoms with Crippen LogP contribution in [0.15, 0.2) is 97.1 Å². The molecular weight excluding hydrogens is 454 g/mol. The molecule has 0 aliphatic heterocycles. The van der Waals surface area contributed by atoms with Gasteiger partial charge in [-0.3, -0.25) is 4.90 Å². The first-order valence-corrected chi connectivity index (χ1v) is 11.6. The van der Waals surface area contributed by atoms with Gasteiger partial charge in [-0.2, -0.15) is 0 Å². The van der Waals surface area contributed by atoms with Crippen LogP contribution in [-0.4, -0.2) is 30.9 Å². The minimum atomic E-state index is -1.02. The third-order valence-corrected chi connectivity index (χ3v) is 6.48. The normalized spacial score (nSPS) is 11.9. The number of nitrogens with zero attached hydrogens (tertiary/aromatic N) is 1. The Morgan fingerprint density at radius 1 is 0.806 bits per heavy atom. The van der Waals surface area contributed by atoms with Crippen LogP contribution in [0.25, 0.3) is 11.1 Å². The first-order valence-electron chi connectivity index (χ1n) is 11.6. The van der Waals surface area contributed by atoms with E-state index < -0.39 is 12.1 Å². The predicted molar refractivity (Wildman–Crippen MR) is 138 cm³/mol. The molecule has 0 heterocycles. The Morgan fingerprint density at radius 3 is 1.94 bits per heavy atom. The summed E-state index contributed by atoms with van der Waals surface area (Å²) in [5, 5.41) is 9.26. The maximum Gasteiger partial charge on any atom is 0.414 e. The van der Waals surface area contributed by atoms with Crippen molar-refractivity contribution in [2.45, 2.75) is 12.5 Å². The fourth-order valence-corrected chi connectivity index (χ4v) is 4.63.